The van der Waals surface area contributed by atoms with Crippen molar-refractivity contribution in [2.45, 2.75) is 71.6 Å². The van der Waals surface area contributed by atoms with Gasteiger partial charge in [0.1, 0.15) is 0 Å². The predicted octanol–water partition coefficient (Wildman–Crippen LogP) is 5.96. The third kappa shape index (κ3) is 4.09. The average molecular weight is 258 g/mol. The van der Waals surface area contributed by atoms with Crippen LogP contribution in [0.1, 0.15) is 76.3 Å². The van der Waals surface area contributed by atoms with Crippen LogP contribution in [0.15, 0.2) is 24.3 Å². The van der Waals surface area contributed by atoms with Gasteiger partial charge >= 0.3 is 0 Å². The molecular weight excluding hydrogens is 228 g/mol. The molecule has 0 amide bonds. The van der Waals surface area contributed by atoms with Crippen LogP contribution >= 0.6 is 0 Å². The van der Waals surface area contributed by atoms with Crippen LogP contribution in [-0.2, 0) is 6.42 Å². The van der Waals surface area contributed by atoms with Crippen molar-refractivity contribution in [2.24, 2.45) is 11.8 Å². The maximum absolute atomic E-state index is 2.37. The fourth-order valence-corrected chi connectivity index (χ4v) is 3.65. The van der Waals surface area contributed by atoms with Crippen LogP contribution in [-0.4, -0.2) is 0 Å². The van der Waals surface area contributed by atoms with Crippen LogP contribution in [0.25, 0.3) is 0 Å². The van der Waals surface area contributed by atoms with Crippen molar-refractivity contribution in [2.75, 3.05) is 0 Å². The van der Waals surface area contributed by atoms with E-state index in [1.54, 1.807) is 11.1 Å². The summed E-state index contributed by atoms with van der Waals surface area (Å²) in [5.74, 6) is 2.65. The van der Waals surface area contributed by atoms with Crippen LogP contribution in [0.3, 0.4) is 0 Å². The zero-order chi connectivity index (χ0) is 13.7. The predicted molar refractivity (Wildman–Crippen MR) is 84.6 cm³/mol. The molecule has 0 heterocycles. The first kappa shape index (κ1) is 14.6. The first-order valence-corrected chi connectivity index (χ1v) is 8.28. The monoisotopic (exact) mass is 258 g/mol. The topological polar surface area (TPSA) is 0 Å². The van der Waals surface area contributed by atoms with E-state index in [9.17, 15) is 0 Å². The lowest BCUT2D eigenvalue weighted by atomic mass is 9.84. The van der Waals surface area contributed by atoms with Gasteiger partial charge in [-0.25, -0.2) is 0 Å². The normalized spacial score (nSPS) is 19.7. The minimum Gasteiger partial charge on any atom is -0.0654 e. The molecule has 0 saturated heterocycles. The minimum absolute atomic E-state index is 0.847. The Labute approximate surface area is 119 Å². The van der Waals surface area contributed by atoms with Crippen LogP contribution in [0.2, 0.25) is 0 Å². The van der Waals surface area contributed by atoms with E-state index in [1.807, 2.05) is 0 Å². The molecule has 0 saturated carbocycles. The fraction of sp³-hybridized carbons (Fsp3) is 0.684. The first-order valence-electron chi connectivity index (χ1n) is 8.28. The third-order valence-electron chi connectivity index (χ3n) is 4.72. The first-order chi connectivity index (χ1) is 9.20. The molecule has 1 aromatic carbocycles. The molecule has 0 aliphatic heterocycles. The Hall–Kier alpha value is -0.780. The molecule has 1 aliphatic carbocycles. The van der Waals surface area contributed by atoms with Crippen molar-refractivity contribution in [1.82, 2.24) is 0 Å². The molecule has 0 aromatic heterocycles. The lowest BCUT2D eigenvalue weighted by Crippen LogP contribution is -2.07. The number of fused-ring (bicyclic) bond motifs is 1. The van der Waals surface area contributed by atoms with Crippen molar-refractivity contribution in [1.29, 1.82) is 0 Å². The number of aryl methyl sites for hydroxylation is 1. The highest BCUT2D eigenvalue weighted by Gasteiger charge is 2.24. The minimum atomic E-state index is 0.847. The van der Waals surface area contributed by atoms with E-state index in [-0.39, 0.29) is 0 Å². The molecule has 0 radical (unpaired) electrons. The van der Waals surface area contributed by atoms with Gasteiger partial charge in [-0.1, -0.05) is 70.7 Å². The second-order valence-electron chi connectivity index (χ2n) is 6.80. The van der Waals surface area contributed by atoms with E-state index in [2.05, 4.69) is 45.0 Å². The van der Waals surface area contributed by atoms with Gasteiger partial charge in [0.25, 0.3) is 0 Å². The molecule has 1 aromatic rings. The quantitative estimate of drug-likeness (QED) is 0.566. The Kier molecular flexibility index (Phi) is 5.48. The van der Waals surface area contributed by atoms with Crippen LogP contribution in [0, 0.1) is 11.8 Å². The van der Waals surface area contributed by atoms with E-state index in [0.29, 0.717) is 0 Å². The molecule has 0 spiro atoms. The molecule has 2 unspecified atom stereocenters. The molecule has 0 fully saturated rings. The summed E-state index contributed by atoms with van der Waals surface area (Å²) in [4.78, 5) is 0. The maximum Gasteiger partial charge on any atom is -0.0153 e. The summed E-state index contributed by atoms with van der Waals surface area (Å²) in [7, 11) is 0. The van der Waals surface area contributed by atoms with Gasteiger partial charge in [-0.05, 0) is 48.1 Å². The van der Waals surface area contributed by atoms with E-state index < -0.39 is 0 Å². The van der Waals surface area contributed by atoms with E-state index in [1.165, 1.54) is 44.9 Å². The third-order valence-corrected chi connectivity index (χ3v) is 4.72. The SMILES string of the molecule is CCCC(CCC(C)C)CC1CCc2ccccc21. The van der Waals surface area contributed by atoms with Gasteiger partial charge in [-0.3, -0.25) is 0 Å². The Morgan fingerprint density at radius 1 is 1.11 bits per heavy atom. The van der Waals surface area contributed by atoms with Crippen LogP contribution < -0.4 is 0 Å². The van der Waals surface area contributed by atoms with Gasteiger partial charge in [-0.2, -0.15) is 0 Å². The lowest BCUT2D eigenvalue weighted by molar-refractivity contribution is 0.349. The summed E-state index contributed by atoms with van der Waals surface area (Å²) < 4.78 is 0. The molecule has 0 N–H and O–H groups in total. The van der Waals surface area contributed by atoms with Crippen LogP contribution in [0.4, 0.5) is 0 Å². The van der Waals surface area contributed by atoms with Crippen molar-refractivity contribution >= 4 is 0 Å². The Bertz CT molecular complexity index is 377. The summed E-state index contributed by atoms with van der Waals surface area (Å²) in [6, 6.07) is 9.13. The fourth-order valence-electron chi connectivity index (χ4n) is 3.65. The van der Waals surface area contributed by atoms with Crippen LogP contribution in [0.5, 0.6) is 0 Å². The smallest absolute Gasteiger partial charge is 0.0153 e. The van der Waals surface area contributed by atoms with Crippen molar-refractivity contribution in [3.8, 4) is 0 Å². The highest BCUT2D eigenvalue weighted by molar-refractivity contribution is 5.34. The number of hydrogen-bond acceptors (Lipinski definition) is 0. The number of benzene rings is 1. The average Bonchev–Trinajstić information content (AvgIpc) is 2.80. The van der Waals surface area contributed by atoms with Gasteiger partial charge in [0.05, 0.1) is 0 Å². The van der Waals surface area contributed by atoms with Gasteiger partial charge in [0.2, 0.25) is 0 Å². The molecule has 0 nitrogen and oxygen atoms in total. The summed E-state index contributed by atoms with van der Waals surface area (Å²) in [5.41, 5.74) is 3.28. The molecule has 1 aliphatic rings. The zero-order valence-electron chi connectivity index (χ0n) is 13.0. The van der Waals surface area contributed by atoms with Gasteiger partial charge in [-0.15, -0.1) is 0 Å². The van der Waals surface area contributed by atoms with Crippen molar-refractivity contribution in [3.05, 3.63) is 35.4 Å². The molecule has 2 atom stereocenters. The highest BCUT2D eigenvalue weighted by Crippen LogP contribution is 2.39. The number of rotatable bonds is 7. The second kappa shape index (κ2) is 7.12. The van der Waals surface area contributed by atoms with Crippen molar-refractivity contribution < 1.29 is 0 Å². The van der Waals surface area contributed by atoms with Gasteiger partial charge in [0, 0.05) is 0 Å². The van der Waals surface area contributed by atoms with E-state index in [0.717, 1.165) is 17.8 Å². The molecule has 106 valence electrons. The summed E-state index contributed by atoms with van der Waals surface area (Å²) in [6.07, 6.45) is 9.73. The summed E-state index contributed by atoms with van der Waals surface area (Å²) >= 11 is 0. The van der Waals surface area contributed by atoms with Crippen molar-refractivity contribution in [3.63, 3.8) is 0 Å². The standard InChI is InChI=1S/C19H30/c1-4-7-16(11-10-15(2)3)14-18-13-12-17-8-5-6-9-19(17)18/h5-6,8-9,15-16,18H,4,7,10-14H2,1-3H3. The molecule has 2 rings (SSSR count). The molecule has 19 heavy (non-hydrogen) atoms. The second-order valence-corrected chi connectivity index (χ2v) is 6.80. The highest BCUT2D eigenvalue weighted by atomic mass is 14.3. The van der Waals surface area contributed by atoms with Gasteiger partial charge in [0.15, 0.2) is 0 Å². The molecule has 0 heteroatoms. The Morgan fingerprint density at radius 2 is 1.89 bits per heavy atom. The van der Waals surface area contributed by atoms with E-state index in [4.69, 9.17) is 0 Å². The largest absolute Gasteiger partial charge is 0.0654 e. The Morgan fingerprint density at radius 3 is 2.63 bits per heavy atom. The Balaban J connectivity index is 1.94. The lowest BCUT2D eigenvalue weighted by Gasteiger charge is -2.22. The molecule has 0 bridgehead atoms. The molecular formula is C19H30. The zero-order valence-corrected chi connectivity index (χ0v) is 13.0. The maximum atomic E-state index is 2.37. The number of hydrogen-bond donors (Lipinski definition) is 0. The van der Waals surface area contributed by atoms with Gasteiger partial charge < -0.3 is 0 Å². The van der Waals surface area contributed by atoms with E-state index >= 15 is 0 Å². The summed E-state index contributed by atoms with van der Waals surface area (Å²) in [6.45, 7) is 7.05. The summed E-state index contributed by atoms with van der Waals surface area (Å²) in [5, 5.41) is 0.